The number of carboxylic acids is 1. The highest BCUT2D eigenvalue weighted by Gasteiger charge is 2.27. The van der Waals surface area contributed by atoms with E-state index in [1.165, 1.54) is 0 Å². The lowest BCUT2D eigenvalue weighted by atomic mass is 10.1. The first-order chi connectivity index (χ1) is 12.6. The van der Waals surface area contributed by atoms with E-state index in [2.05, 4.69) is 0 Å². The van der Waals surface area contributed by atoms with Gasteiger partial charge in [0.25, 0.3) is 0 Å². The van der Waals surface area contributed by atoms with E-state index in [0.29, 0.717) is 13.2 Å². The largest absolute Gasteiger partial charge is 0.489 e. The summed E-state index contributed by atoms with van der Waals surface area (Å²) in [5.41, 5.74) is 2.03. The van der Waals surface area contributed by atoms with Crippen molar-refractivity contribution in [1.82, 2.24) is 4.90 Å². The number of carbonyl (C=O) groups excluding carboxylic acids is 1. The van der Waals surface area contributed by atoms with Gasteiger partial charge in [-0.3, -0.25) is 9.59 Å². The third-order valence-corrected chi connectivity index (χ3v) is 4.24. The molecule has 26 heavy (non-hydrogen) atoms. The molecule has 1 aliphatic rings. The topological polar surface area (TPSA) is 76.1 Å². The predicted molar refractivity (Wildman–Crippen MR) is 94.7 cm³/mol. The Morgan fingerprint density at radius 3 is 2.58 bits per heavy atom. The quantitative estimate of drug-likeness (QED) is 0.826. The first-order valence-electron chi connectivity index (χ1n) is 8.49. The second kappa shape index (κ2) is 8.49. The molecule has 0 radical (unpaired) electrons. The van der Waals surface area contributed by atoms with Gasteiger partial charge in [0.2, 0.25) is 5.91 Å². The van der Waals surface area contributed by atoms with Crippen LogP contribution in [0.1, 0.15) is 23.7 Å². The summed E-state index contributed by atoms with van der Waals surface area (Å²) in [6.07, 6.45) is -0.324. The van der Waals surface area contributed by atoms with Crippen molar-refractivity contribution in [3.63, 3.8) is 0 Å². The van der Waals surface area contributed by atoms with Gasteiger partial charge in [-0.1, -0.05) is 42.5 Å². The summed E-state index contributed by atoms with van der Waals surface area (Å²) in [5, 5.41) is 8.79. The van der Waals surface area contributed by atoms with Crippen molar-refractivity contribution in [2.45, 2.75) is 19.1 Å². The van der Waals surface area contributed by atoms with E-state index in [1.54, 1.807) is 4.90 Å². The molecule has 0 aliphatic carbocycles. The second-order valence-electron chi connectivity index (χ2n) is 6.13. The number of rotatable bonds is 7. The van der Waals surface area contributed by atoms with Crippen LogP contribution in [0.15, 0.2) is 54.6 Å². The predicted octanol–water partition coefficient (Wildman–Crippen LogP) is 2.64. The van der Waals surface area contributed by atoms with Crippen LogP contribution in [0.3, 0.4) is 0 Å². The second-order valence-corrected chi connectivity index (χ2v) is 6.13. The van der Waals surface area contributed by atoms with E-state index in [-0.39, 0.29) is 31.6 Å². The fraction of sp³-hybridized carbons (Fsp3) is 0.300. The van der Waals surface area contributed by atoms with Gasteiger partial charge in [-0.15, -0.1) is 0 Å². The van der Waals surface area contributed by atoms with E-state index in [9.17, 15) is 9.59 Å². The van der Waals surface area contributed by atoms with E-state index < -0.39 is 5.97 Å². The number of aliphatic carboxylic acids is 1. The Morgan fingerprint density at radius 2 is 1.88 bits per heavy atom. The Kier molecular flexibility index (Phi) is 5.86. The minimum absolute atomic E-state index is 0.0312. The molecular weight excluding hydrogens is 334 g/mol. The fourth-order valence-electron chi connectivity index (χ4n) is 2.79. The smallest absolute Gasteiger partial charge is 0.305 e. The standard InChI is InChI=1S/C20H21NO5/c22-19-14-26-18(12-21(19)11-10-20(23)24)16-6-8-17(9-7-16)25-13-15-4-2-1-3-5-15/h1-9,18H,10-14H2,(H,23,24). The highest BCUT2D eigenvalue weighted by Crippen LogP contribution is 2.25. The molecule has 6 heteroatoms. The third-order valence-electron chi connectivity index (χ3n) is 4.24. The Balaban J connectivity index is 1.57. The number of benzene rings is 2. The lowest BCUT2D eigenvalue weighted by Crippen LogP contribution is -2.44. The van der Waals surface area contributed by atoms with Crippen molar-refractivity contribution in [2.24, 2.45) is 0 Å². The first-order valence-corrected chi connectivity index (χ1v) is 8.49. The minimum atomic E-state index is -0.916. The molecular formula is C20H21NO5. The molecule has 1 unspecified atom stereocenters. The highest BCUT2D eigenvalue weighted by molar-refractivity contribution is 5.79. The summed E-state index contributed by atoms with van der Waals surface area (Å²) in [4.78, 5) is 24.1. The number of nitrogens with zero attached hydrogens (tertiary/aromatic N) is 1. The number of ether oxygens (including phenoxy) is 2. The molecule has 0 saturated carbocycles. The molecule has 0 spiro atoms. The van der Waals surface area contributed by atoms with Crippen molar-refractivity contribution in [1.29, 1.82) is 0 Å². The molecule has 1 amide bonds. The van der Waals surface area contributed by atoms with Crippen LogP contribution >= 0.6 is 0 Å². The average Bonchev–Trinajstić information content (AvgIpc) is 2.67. The van der Waals surface area contributed by atoms with Crippen LogP contribution in [-0.2, 0) is 20.9 Å². The average molecular weight is 355 g/mol. The Hall–Kier alpha value is -2.86. The Bertz CT molecular complexity index is 745. The van der Waals surface area contributed by atoms with Crippen LogP contribution < -0.4 is 4.74 Å². The molecule has 1 fully saturated rings. The number of carboxylic acid groups (broad SMARTS) is 1. The molecule has 136 valence electrons. The molecule has 1 N–H and O–H groups in total. The van der Waals surface area contributed by atoms with Gasteiger partial charge < -0.3 is 19.5 Å². The third kappa shape index (κ3) is 4.83. The lowest BCUT2D eigenvalue weighted by Gasteiger charge is -2.32. The summed E-state index contributed by atoms with van der Waals surface area (Å²) < 4.78 is 11.4. The van der Waals surface area contributed by atoms with E-state index in [4.69, 9.17) is 14.6 Å². The van der Waals surface area contributed by atoms with Crippen LogP contribution in [0.4, 0.5) is 0 Å². The zero-order valence-corrected chi connectivity index (χ0v) is 14.3. The molecule has 3 rings (SSSR count). The van der Waals surface area contributed by atoms with Gasteiger partial charge in [0.1, 0.15) is 25.1 Å². The fourth-order valence-corrected chi connectivity index (χ4v) is 2.79. The SMILES string of the molecule is O=C(O)CCN1CC(c2ccc(OCc3ccccc3)cc2)OCC1=O. The number of hydrogen-bond acceptors (Lipinski definition) is 4. The van der Waals surface area contributed by atoms with Crippen LogP contribution in [0.5, 0.6) is 5.75 Å². The Morgan fingerprint density at radius 1 is 1.15 bits per heavy atom. The van der Waals surface area contributed by atoms with Gasteiger partial charge in [0.15, 0.2) is 0 Å². The van der Waals surface area contributed by atoms with Crippen molar-refractivity contribution >= 4 is 11.9 Å². The zero-order valence-electron chi connectivity index (χ0n) is 14.3. The molecule has 1 atom stereocenters. The molecule has 2 aromatic rings. The van der Waals surface area contributed by atoms with Crippen LogP contribution in [0, 0.1) is 0 Å². The summed E-state index contributed by atoms with van der Waals surface area (Å²) in [6, 6.07) is 17.5. The zero-order chi connectivity index (χ0) is 18.4. The van der Waals surface area contributed by atoms with Gasteiger partial charge in [-0.25, -0.2) is 0 Å². The number of amides is 1. The summed E-state index contributed by atoms with van der Waals surface area (Å²) in [7, 11) is 0. The maximum Gasteiger partial charge on any atom is 0.305 e. The van der Waals surface area contributed by atoms with Gasteiger partial charge >= 0.3 is 5.97 Å². The number of morpholine rings is 1. The number of hydrogen-bond donors (Lipinski definition) is 1. The van der Waals surface area contributed by atoms with Gasteiger partial charge in [-0.2, -0.15) is 0 Å². The Labute approximate surface area is 152 Å². The van der Waals surface area contributed by atoms with Crippen LogP contribution in [-0.4, -0.2) is 41.6 Å². The van der Waals surface area contributed by atoms with Crippen molar-refractivity contribution in [3.8, 4) is 5.75 Å². The van der Waals surface area contributed by atoms with Gasteiger partial charge in [0, 0.05) is 6.54 Å². The van der Waals surface area contributed by atoms with E-state index >= 15 is 0 Å². The van der Waals surface area contributed by atoms with Gasteiger partial charge in [0.05, 0.1) is 13.0 Å². The monoisotopic (exact) mass is 355 g/mol. The summed E-state index contributed by atoms with van der Waals surface area (Å²) >= 11 is 0. The van der Waals surface area contributed by atoms with Gasteiger partial charge in [-0.05, 0) is 23.3 Å². The molecule has 2 aromatic carbocycles. The molecule has 0 aromatic heterocycles. The molecule has 1 aliphatic heterocycles. The summed E-state index contributed by atoms with van der Waals surface area (Å²) in [5.74, 6) is -0.335. The first kappa shape index (κ1) is 17.9. The van der Waals surface area contributed by atoms with Crippen molar-refractivity contribution < 1.29 is 24.2 Å². The molecule has 6 nitrogen and oxygen atoms in total. The lowest BCUT2D eigenvalue weighted by molar-refractivity contribution is -0.150. The maximum absolute atomic E-state index is 11.8. The van der Waals surface area contributed by atoms with E-state index in [1.807, 2.05) is 54.6 Å². The van der Waals surface area contributed by atoms with Crippen molar-refractivity contribution in [2.75, 3.05) is 19.7 Å². The summed E-state index contributed by atoms with van der Waals surface area (Å²) in [6.45, 7) is 1.02. The molecule has 0 bridgehead atoms. The van der Waals surface area contributed by atoms with Crippen molar-refractivity contribution in [3.05, 3.63) is 65.7 Å². The molecule has 1 heterocycles. The highest BCUT2D eigenvalue weighted by atomic mass is 16.5. The van der Waals surface area contributed by atoms with E-state index in [0.717, 1.165) is 16.9 Å². The maximum atomic E-state index is 11.8. The van der Waals surface area contributed by atoms with Crippen LogP contribution in [0.2, 0.25) is 0 Å². The molecule has 1 saturated heterocycles. The minimum Gasteiger partial charge on any atom is -0.489 e. The number of carbonyl (C=O) groups is 2. The normalized spacial score (nSPS) is 17.2. The van der Waals surface area contributed by atoms with Crippen LogP contribution in [0.25, 0.3) is 0 Å².